The summed E-state index contributed by atoms with van der Waals surface area (Å²) in [7, 11) is 0. The first-order valence-electron chi connectivity index (χ1n) is 10.1. The van der Waals surface area contributed by atoms with Gasteiger partial charge in [-0.05, 0) is 34.7 Å². The molecule has 0 fully saturated rings. The molecule has 0 aliphatic rings. The average Bonchev–Trinajstić information content (AvgIpc) is 2.83. The Balaban J connectivity index is 1.46. The van der Waals surface area contributed by atoms with E-state index in [1.165, 1.54) is 0 Å². The number of hydrogen-bond acceptors (Lipinski definition) is 4. The predicted octanol–water partition coefficient (Wildman–Crippen LogP) is 5.72. The van der Waals surface area contributed by atoms with Crippen molar-refractivity contribution in [3.8, 4) is 11.5 Å². The number of aliphatic hydroxyl groups excluding tert-OH is 2. The molecule has 4 aromatic carbocycles. The van der Waals surface area contributed by atoms with Crippen LogP contribution in [0.25, 0.3) is 10.8 Å². The van der Waals surface area contributed by atoms with Gasteiger partial charge in [-0.25, -0.2) is 0 Å². The highest BCUT2D eigenvalue weighted by Crippen LogP contribution is 2.35. The number of fused-ring (bicyclic) bond motifs is 1. The molecule has 0 amide bonds. The standard InChI is InChI=1S/C26H23ClO4/c27-26-22-15-21(30-16-23(28)19-7-3-1-4-8-19)13-11-18(22)12-14-25(26)31-17-24(29)20-9-5-2-6-10-20/h1-15,23-24,28-29H,16-17H2. The fourth-order valence-corrected chi connectivity index (χ4v) is 3.61. The third-order valence-electron chi connectivity index (χ3n) is 5.07. The van der Waals surface area contributed by atoms with Crippen LogP contribution >= 0.6 is 11.6 Å². The number of benzene rings is 4. The van der Waals surface area contributed by atoms with Gasteiger partial charge < -0.3 is 19.7 Å². The van der Waals surface area contributed by atoms with Crippen LogP contribution in [0.2, 0.25) is 5.02 Å². The molecule has 4 rings (SSSR count). The van der Waals surface area contributed by atoms with Crippen molar-refractivity contribution in [1.82, 2.24) is 0 Å². The molecule has 0 saturated heterocycles. The van der Waals surface area contributed by atoms with Crippen LogP contribution in [0.4, 0.5) is 0 Å². The Bertz CT molecular complexity index is 1130. The summed E-state index contributed by atoms with van der Waals surface area (Å²) in [5, 5.41) is 22.8. The molecule has 0 bridgehead atoms. The highest BCUT2D eigenvalue weighted by Gasteiger charge is 2.13. The summed E-state index contributed by atoms with van der Waals surface area (Å²) in [6.07, 6.45) is -1.47. The lowest BCUT2D eigenvalue weighted by Gasteiger charge is -2.16. The molecular weight excluding hydrogens is 412 g/mol. The van der Waals surface area contributed by atoms with E-state index in [4.69, 9.17) is 21.1 Å². The third kappa shape index (κ3) is 5.17. The van der Waals surface area contributed by atoms with E-state index in [2.05, 4.69) is 0 Å². The lowest BCUT2D eigenvalue weighted by Crippen LogP contribution is -2.10. The van der Waals surface area contributed by atoms with Gasteiger partial charge in [0.05, 0.1) is 5.02 Å². The Morgan fingerprint density at radius 3 is 1.84 bits per heavy atom. The van der Waals surface area contributed by atoms with Gasteiger partial charge in [0, 0.05) is 5.39 Å². The van der Waals surface area contributed by atoms with E-state index < -0.39 is 12.2 Å². The maximum atomic E-state index is 10.3. The topological polar surface area (TPSA) is 58.9 Å². The molecule has 31 heavy (non-hydrogen) atoms. The van der Waals surface area contributed by atoms with E-state index >= 15 is 0 Å². The van der Waals surface area contributed by atoms with Crippen LogP contribution in [0.1, 0.15) is 23.3 Å². The Hall–Kier alpha value is -3.05. The molecule has 5 heteroatoms. The van der Waals surface area contributed by atoms with Crippen molar-refractivity contribution < 1.29 is 19.7 Å². The first kappa shape index (κ1) is 21.2. The van der Waals surface area contributed by atoms with Crippen LogP contribution in [0.5, 0.6) is 11.5 Å². The SMILES string of the molecule is OC(COc1ccc2ccc(OCC(O)c3ccccc3)c(Cl)c2c1)c1ccccc1. The summed E-state index contributed by atoms with van der Waals surface area (Å²) in [5.41, 5.74) is 1.58. The van der Waals surface area contributed by atoms with Gasteiger partial charge in [0.25, 0.3) is 0 Å². The van der Waals surface area contributed by atoms with Crippen molar-refractivity contribution in [2.24, 2.45) is 0 Å². The highest BCUT2D eigenvalue weighted by molar-refractivity contribution is 6.37. The van der Waals surface area contributed by atoms with E-state index in [1.807, 2.05) is 84.9 Å². The molecule has 0 spiro atoms. The zero-order valence-corrected chi connectivity index (χ0v) is 17.6. The molecule has 158 valence electrons. The summed E-state index contributed by atoms with van der Waals surface area (Å²) >= 11 is 6.59. The molecule has 4 nitrogen and oxygen atoms in total. The zero-order chi connectivity index (χ0) is 21.6. The number of ether oxygens (including phenoxy) is 2. The largest absolute Gasteiger partial charge is 0.491 e. The van der Waals surface area contributed by atoms with Crippen molar-refractivity contribution in [3.05, 3.63) is 107 Å². The molecular formula is C26H23ClO4. The molecule has 4 aromatic rings. The van der Waals surface area contributed by atoms with Crippen LogP contribution in [0.15, 0.2) is 91.0 Å². The summed E-state index contributed by atoms with van der Waals surface area (Å²) in [6, 6.07) is 28.0. The smallest absolute Gasteiger partial charge is 0.138 e. The second-order valence-corrected chi connectivity index (χ2v) is 7.61. The number of hydrogen-bond donors (Lipinski definition) is 2. The Kier molecular flexibility index (Phi) is 6.73. The Morgan fingerprint density at radius 1 is 0.677 bits per heavy atom. The van der Waals surface area contributed by atoms with Crippen molar-refractivity contribution >= 4 is 22.4 Å². The summed E-state index contributed by atoms with van der Waals surface area (Å²) in [6.45, 7) is 0.224. The summed E-state index contributed by atoms with van der Waals surface area (Å²) < 4.78 is 11.6. The average molecular weight is 435 g/mol. The fourth-order valence-electron chi connectivity index (χ4n) is 3.33. The van der Waals surface area contributed by atoms with Gasteiger partial charge in [0.2, 0.25) is 0 Å². The number of aliphatic hydroxyl groups is 2. The van der Waals surface area contributed by atoms with E-state index in [1.54, 1.807) is 6.07 Å². The molecule has 0 aliphatic carbocycles. The van der Waals surface area contributed by atoms with Crippen molar-refractivity contribution in [2.75, 3.05) is 13.2 Å². The van der Waals surface area contributed by atoms with Crippen molar-refractivity contribution in [1.29, 1.82) is 0 Å². The normalized spacial score (nSPS) is 13.0. The van der Waals surface area contributed by atoms with E-state index in [0.29, 0.717) is 16.5 Å². The van der Waals surface area contributed by atoms with Gasteiger partial charge in [-0.1, -0.05) is 84.4 Å². The highest BCUT2D eigenvalue weighted by atomic mass is 35.5. The Labute approximate surface area is 186 Å². The summed E-state index contributed by atoms with van der Waals surface area (Å²) in [4.78, 5) is 0. The maximum absolute atomic E-state index is 10.3. The van der Waals surface area contributed by atoms with Crippen molar-refractivity contribution in [3.63, 3.8) is 0 Å². The van der Waals surface area contributed by atoms with Gasteiger partial charge in [-0.2, -0.15) is 0 Å². The maximum Gasteiger partial charge on any atom is 0.138 e. The lowest BCUT2D eigenvalue weighted by molar-refractivity contribution is 0.108. The summed E-state index contributed by atoms with van der Waals surface area (Å²) in [5.74, 6) is 1.09. The number of rotatable bonds is 8. The monoisotopic (exact) mass is 434 g/mol. The molecule has 0 radical (unpaired) electrons. The molecule has 0 saturated carbocycles. The van der Waals surface area contributed by atoms with Crippen LogP contribution in [-0.2, 0) is 0 Å². The Morgan fingerprint density at radius 2 is 1.23 bits per heavy atom. The van der Waals surface area contributed by atoms with Gasteiger partial charge >= 0.3 is 0 Å². The van der Waals surface area contributed by atoms with Crippen LogP contribution < -0.4 is 9.47 Å². The molecule has 0 aliphatic heterocycles. The molecule has 0 aromatic heterocycles. The zero-order valence-electron chi connectivity index (χ0n) is 16.8. The number of halogens is 1. The van der Waals surface area contributed by atoms with E-state index in [0.717, 1.165) is 21.9 Å². The quantitative estimate of drug-likeness (QED) is 0.372. The van der Waals surface area contributed by atoms with Gasteiger partial charge in [0.1, 0.15) is 36.9 Å². The second-order valence-electron chi connectivity index (χ2n) is 7.24. The first-order chi connectivity index (χ1) is 15.1. The third-order valence-corrected chi connectivity index (χ3v) is 5.45. The predicted molar refractivity (Wildman–Crippen MR) is 123 cm³/mol. The van der Waals surface area contributed by atoms with Gasteiger partial charge in [-0.3, -0.25) is 0 Å². The van der Waals surface area contributed by atoms with Crippen LogP contribution in [0.3, 0.4) is 0 Å². The molecule has 2 N–H and O–H groups in total. The minimum absolute atomic E-state index is 0.0920. The van der Waals surface area contributed by atoms with E-state index in [-0.39, 0.29) is 13.2 Å². The van der Waals surface area contributed by atoms with Crippen molar-refractivity contribution in [2.45, 2.75) is 12.2 Å². The minimum atomic E-state index is -0.748. The van der Waals surface area contributed by atoms with Gasteiger partial charge in [-0.15, -0.1) is 0 Å². The first-order valence-corrected chi connectivity index (χ1v) is 10.4. The lowest BCUT2D eigenvalue weighted by atomic mass is 10.1. The van der Waals surface area contributed by atoms with Crippen LogP contribution in [-0.4, -0.2) is 23.4 Å². The molecule has 2 atom stereocenters. The van der Waals surface area contributed by atoms with Gasteiger partial charge in [0.15, 0.2) is 0 Å². The second kappa shape index (κ2) is 9.84. The van der Waals surface area contributed by atoms with Crippen LogP contribution in [0, 0.1) is 0 Å². The molecule has 2 unspecified atom stereocenters. The molecule has 0 heterocycles. The fraction of sp³-hybridized carbons (Fsp3) is 0.154. The van der Waals surface area contributed by atoms with E-state index in [9.17, 15) is 10.2 Å². The minimum Gasteiger partial charge on any atom is -0.491 e.